The van der Waals surface area contributed by atoms with E-state index in [4.69, 9.17) is 9.47 Å². The van der Waals surface area contributed by atoms with Gasteiger partial charge >= 0.3 is 0 Å². The monoisotopic (exact) mass is 443 g/mol. The van der Waals surface area contributed by atoms with E-state index in [9.17, 15) is 12.8 Å². The zero-order valence-corrected chi connectivity index (χ0v) is 17.2. The Morgan fingerprint density at radius 3 is 2.61 bits per heavy atom. The maximum absolute atomic E-state index is 13.8. The van der Waals surface area contributed by atoms with E-state index in [1.54, 1.807) is 16.6 Å². The summed E-state index contributed by atoms with van der Waals surface area (Å²) < 4.78 is 52.7. The highest BCUT2D eigenvalue weighted by Gasteiger charge is 2.16. The van der Waals surface area contributed by atoms with Crippen molar-refractivity contribution in [2.24, 2.45) is 0 Å². The molecule has 0 fully saturated rings. The van der Waals surface area contributed by atoms with Crippen molar-refractivity contribution >= 4 is 15.7 Å². The van der Waals surface area contributed by atoms with Crippen LogP contribution < -0.4 is 14.2 Å². The van der Waals surface area contributed by atoms with E-state index in [1.807, 2.05) is 30.3 Å². The van der Waals surface area contributed by atoms with Crippen LogP contribution in [0.2, 0.25) is 0 Å². The van der Waals surface area contributed by atoms with Gasteiger partial charge in [-0.05, 0) is 24.3 Å². The van der Waals surface area contributed by atoms with Gasteiger partial charge in [0, 0.05) is 18.2 Å². The van der Waals surface area contributed by atoms with E-state index in [0.717, 1.165) is 11.6 Å². The van der Waals surface area contributed by atoms with Crippen molar-refractivity contribution < 1.29 is 22.3 Å². The van der Waals surface area contributed by atoms with Gasteiger partial charge in [-0.25, -0.2) is 17.5 Å². The molecule has 160 valence electrons. The second-order valence-electron chi connectivity index (χ2n) is 6.37. The number of methoxy groups -OCH3 is 1. The summed E-state index contributed by atoms with van der Waals surface area (Å²) in [5.41, 5.74) is 1.40. The molecule has 4 aromatic rings. The maximum Gasteiger partial charge on any atom is 0.240 e. The van der Waals surface area contributed by atoms with E-state index in [0.29, 0.717) is 11.5 Å². The van der Waals surface area contributed by atoms with Crippen molar-refractivity contribution in [2.45, 2.75) is 4.90 Å². The maximum atomic E-state index is 13.8. The standard InChI is InChI=1S/C20H18FN5O4S/c1-29-17-8-7-15(13-16(17)21)31(27,28)22-11-12-30-19-10-9-18-23-24-20(26(18)25-19)14-5-3-2-4-6-14/h2-10,13,22H,11-12H2,1H3. The van der Waals surface area contributed by atoms with Gasteiger partial charge in [-0.3, -0.25) is 0 Å². The highest BCUT2D eigenvalue weighted by Crippen LogP contribution is 2.21. The minimum absolute atomic E-state index is 0.0131. The molecule has 0 saturated carbocycles. The van der Waals surface area contributed by atoms with Crippen LogP contribution in [-0.2, 0) is 10.0 Å². The summed E-state index contributed by atoms with van der Waals surface area (Å²) in [7, 11) is -2.60. The third-order valence-electron chi connectivity index (χ3n) is 4.35. The Morgan fingerprint density at radius 1 is 1.06 bits per heavy atom. The molecule has 0 radical (unpaired) electrons. The molecule has 4 rings (SSSR count). The fraction of sp³-hybridized carbons (Fsp3) is 0.150. The quantitative estimate of drug-likeness (QED) is 0.416. The second kappa shape index (κ2) is 8.66. The first kappa shape index (κ1) is 20.7. The van der Waals surface area contributed by atoms with Crippen molar-refractivity contribution in [3.63, 3.8) is 0 Å². The Kier molecular flexibility index (Phi) is 5.78. The number of fused-ring (bicyclic) bond motifs is 1. The van der Waals surface area contributed by atoms with E-state index in [2.05, 4.69) is 20.0 Å². The first-order valence-corrected chi connectivity index (χ1v) is 10.7. The highest BCUT2D eigenvalue weighted by atomic mass is 32.2. The van der Waals surface area contributed by atoms with E-state index in [-0.39, 0.29) is 29.7 Å². The smallest absolute Gasteiger partial charge is 0.240 e. The molecule has 0 aliphatic carbocycles. The third kappa shape index (κ3) is 4.47. The fourth-order valence-electron chi connectivity index (χ4n) is 2.85. The number of hydrogen-bond donors (Lipinski definition) is 1. The van der Waals surface area contributed by atoms with Crippen LogP contribution in [0.5, 0.6) is 11.6 Å². The molecule has 0 saturated heterocycles. The zero-order chi connectivity index (χ0) is 21.8. The van der Waals surface area contributed by atoms with E-state index in [1.165, 1.54) is 19.2 Å². The molecule has 1 N–H and O–H groups in total. The third-order valence-corrected chi connectivity index (χ3v) is 5.81. The Morgan fingerprint density at radius 2 is 1.87 bits per heavy atom. The predicted octanol–water partition coefficient (Wildman–Crippen LogP) is 2.30. The molecule has 0 spiro atoms. The molecular weight excluding hydrogens is 425 g/mol. The largest absolute Gasteiger partial charge is 0.494 e. The van der Waals surface area contributed by atoms with Crippen LogP contribution >= 0.6 is 0 Å². The molecule has 2 aromatic heterocycles. The summed E-state index contributed by atoms with van der Waals surface area (Å²) >= 11 is 0. The number of hydrogen-bond acceptors (Lipinski definition) is 7. The SMILES string of the molecule is COc1ccc(S(=O)(=O)NCCOc2ccc3nnc(-c4ccccc4)n3n2)cc1F. The van der Waals surface area contributed by atoms with Gasteiger partial charge in [0.15, 0.2) is 23.0 Å². The Hall–Kier alpha value is -3.57. The van der Waals surface area contributed by atoms with Gasteiger partial charge in [-0.2, -0.15) is 4.52 Å². The minimum atomic E-state index is -3.90. The summed E-state index contributed by atoms with van der Waals surface area (Å²) in [5.74, 6) is 0.0392. The Labute approximate surface area is 177 Å². The van der Waals surface area contributed by atoms with Crippen LogP contribution in [0.1, 0.15) is 0 Å². The predicted molar refractivity (Wildman–Crippen MR) is 110 cm³/mol. The van der Waals surface area contributed by atoms with E-state index < -0.39 is 15.8 Å². The number of nitrogens with one attached hydrogen (secondary N) is 1. The van der Waals surface area contributed by atoms with Crippen molar-refractivity contribution in [1.29, 1.82) is 0 Å². The highest BCUT2D eigenvalue weighted by molar-refractivity contribution is 7.89. The van der Waals surface area contributed by atoms with Crippen molar-refractivity contribution in [1.82, 2.24) is 24.5 Å². The fourth-order valence-corrected chi connectivity index (χ4v) is 3.87. The summed E-state index contributed by atoms with van der Waals surface area (Å²) in [5, 5.41) is 12.6. The van der Waals surface area contributed by atoms with Gasteiger partial charge in [0.05, 0.1) is 12.0 Å². The summed E-state index contributed by atoms with van der Waals surface area (Å²) in [6.45, 7) is -0.0252. The molecule has 0 atom stereocenters. The lowest BCUT2D eigenvalue weighted by molar-refractivity contribution is 0.306. The molecule has 0 aliphatic heterocycles. The molecular formula is C20H18FN5O4S. The average Bonchev–Trinajstić information content (AvgIpc) is 3.20. The number of rotatable bonds is 8. The van der Waals surface area contributed by atoms with Crippen LogP contribution in [0.25, 0.3) is 17.0 Å². The van der Waals surface area contributed by atoms with Crippen LogP contribution in [0.15, 0.2) is 65.6 Å². The van der Waals surface area contributed by atoms with Crippen molar-refractivity contribution in [3.8, 4) is 23.0 Å². The minimum Gasteiger partial charge on any atom is -0.494 e. The summed E-state index contributed by atoms with van der Waals surface area (Å²) in [4.78, 5) is -0.206. The van der Waals surface area contributed by atoms with Crippen LogP contribution in [0, 0.1) is 5.82 Å². The van der Waals surface area contributed by atoms with Crippen LogP contribution in [-0.4, -0.2) is 48.5 Å². The van der Waals surface area contributed by atoms with Gasteiger partial charge in [-0.15, -0.1) is 15.3 Å². The lowest BCUT2D eigenvalue weighted by Gasteiger charge is -2.09. The van der Waals surface area contributed by atoms with Gasteiger partial charge in [0.1, 0.15) is 6.61 Å². The molecule has 0 bridgehead atoms. The number of sulfonamides is 1. The molecule has 31 heavy (non-hydrogen) atoms. The molecule has 0 unspecified atom stereocenters. The van der Waals surface area contributed by atoms with Gasteiger partial charge in [0.25, 0.3) is 0 Å². The Bertz CT molecular complexity index is 1310. The topological polar surface area (TPSA) is 108 Å². The second-order valence-corrected chi connectivity index (χ2v) is 8.14. The van der Waals surface area contributed by atoms with Gasteiger partial charge < -0.3 is 9.47 Å². The van der Waals surface area contributed by atoms with Gasteiger partial charge in [0.2, 0.25) is 15.9 Å². The van der Waals surface area contributed by atoms with Crippen molar-refractivity contribution in [3.05, 3.63) is 66.5 Å². The van der Waals surface area contributed by atoms with Gasteiger partial charge in [-0.1, -0.05) is 30.3 Å². The van der Waals surface area contributed by atoms with Crippen LogP contribution in [0.3, 0.4) is 0 Å². The average molecular weight is 443 g/mol. The molecule has 2 aromatic carbocycles. The number of ether oxygens (including phenoxy) is 2. The Balaban J connectivity index is 1.41. The normalized spacial score (nSPS) is 11.5. The first-order valence-electron chi connectivity index (χ1n) is 9.22. The molecule has 0 aliphatic rings. The molecule has 0 amide bonds. The first-order chi connectivity index (χ1) is 15.0. The lowest BCUT2D eigenvalue weighted by Crippen LogP contribution is -2.28. The number of benzene rings is 2. The number of halogens is 1. The van der Waals surface area contributed by atoms with Crippen LogP contribution in [0.4, 0.5) is 4.39 Å². The molecule has 2 heterocycles. The summed E-state index contributed by atoms with van der Waals surface area (Å²) in [6, 6.07) is 16.2. The van der Waals surface area contributed by atoms with Crippen molar-refractivity contribution in [2.75, 3.05) is 20.3 Å². The molecule has 11 heteroatoms. The lowest BCUT2D eigenvalue weighted by atomic mass is 10.2. The number of aromatic nitrogens is 4. The number of nitrogens with zero attached hydrogens (tertiary/aromatic N) is 4. The summed E-state index contributed by atoms with van der Waals surface area (Å²) in [6.07, 6.45) is 0. The zero-order valence-electron chi connectivity index (χ0n) is 16.4. The molecule has 9 nitrogen and oxygen atoms in total. The van der Waals surface area contributed by atoms with E-state index >= 15 is 0 Å².